The molecule has 0 aliphatic heterocycles. The Morgan fingerprint density at radius 3 is 1.41 bits per heavy atom. The summed E-state index contributed by atoms with van der Waals surface area (Å²) in [6.07, 6.45) is -0.777. The van der Waals surface area contributed by atoms with Crippen LogP contribution in [-0.2, 0) is 9.47 Å². The molecule has 0 aliphatic carbocycles. The van der Waals surface area contributed by atoms with Gasteiger partial charge in [-0.1, -0.05) is 0 Å². The van der Waals surface area contributed by atoms with Crippen LogP contribution in [0.4, 0.5) is 0 Å². The summed E-state index contributed by atoms with van der Waals surface area (Å²) >= 11 is 0. The molecule has 0 saturated carbocycles. The smallest absolute Gasteiger partial charge is 0.123 e. The predicted molar refractivity (Wildman–Crippen MR) is 70.5 cm³/mol. The largest absolute Gasteiger partial charge is 0.362 e. The zero-order chi connectivity index (χ0) is 13.7. The summed E-state index contributed by atoms with van der Waals surface area (Å²) < 4.78 is 10.9. The number of nitrogens with one attached hydrogen (secondary N) is 1. The van der Waals surface area contributed by atoms with E-state index in [2.05, 4.69) is 5.32 Å². The quantitative estimate of drug-likeness (QED) is 0.552. The number of hydrogen-bond donors (Lipinski definition) is 3. The highest BCUT2D eigenvalue weighted by atomic mass is 16.5. The highest BCUT2D eigenvalue weighted by molar-refractivity contribution is 4.94. The van der Waals surface area contributed by atoms with E-state index >= 15 is 0 Å². The highest BCUT2D eigenvalue weighted by Crippen LogP contribution is 2.17. The summed E-state index contributed by atoms with van der Waals surface area (Å²) in [6, 6.07) is 0. The van der Waals surface area contributed by atoms with Crippen molar-refractivity contribution >= 4 is 0 Å². The SMILES string of the molecule is CCOC(N)C(C)(C)NC(C)(C)C(N)OCC. The van der Waals surface area contributed by atoms with Crippen LogP contribution in [0.25, 0.3) is 0 Å². The van der Waals surface area contributed by atoms with Crippen LogP contribution in [0, 0.1) is 0 Å². The van der Waals surface area contributed by atoms with Crippen LogP contribution in [0.5, 0.6) is 0 Å². The fourth-order valence-corrected chi connectivity index (χ4v) is 1.75. The molecule has 0 bridgehead atoms. The van der Waals surface area contributed by atoms with Crippen molar-refractivity contribution in [2.24, 2.45) is 11.5 Å². The third kappa shape index (κ3) is 5.31. The molecular weight excluding hydrogens is 218 g/mol. The average molecular weight is 247 g/mol. The lowest BCUT2D eigenvalue weighted by molar-refractivity contribution is -0.0390. The molecule has 0 aromatic rings. The third-order valence-corrected chi connectivity index (χ3v) is 2.76. The summed E-state index contributed by atoms with van der Waals surface area (Å²) in [5, 5.41) is 3.40. The van der Waals surface area contributed by atoms with Gasteiger partial charge in [-0.2, -0.15) is 0 Å². The number of ether oxygens (including phenoxy) is 2. The third-order valence-electron chi connectivity index (χ3n) is 2.76. The molecule has 0 aromatic carbocycles. The molecule has 0 saturated heterocycles. The monoisotopic (exact) mass is 247 g/mol. The second-order valence-corrected chi connectivity index (χ2v) is 5.32. The van der Waals surface area contributed by atoms with Crippen molar-refractivity contribution < 1.29 is 9.47 Å². The predicted octanol–water partition coefficient (Wildman–Crippen LogP) is 0.776. The van der Waals surface area contributed by atoms with Crippen LogP contribution in [0.2, 0.25) is 0 Å². The summed E-state index contributed by atoms with van der Waals surface area (Å²) in [6.45, 7) is 13.0. The van der Waals surface area contributed by atoms with Gasteiger partial charge in [-0.3, -0.25) is 5.32 Å². The molecule has 0 heterocycles. The number of nitrogens with two attached hydrogens (primary N) is 2. The second kappa shape index (κ2) is 6.66. The fraction of sp³-hybridized carbons (Fsp3) is 1.00. The van der Waals surface area contributed by atoms with Crippen LogP contribution in [0.1, 0.15) is 41.5 Å². The van der Waals surface area contributed by atoms with Gasteiger partial charge < -0.3 is 20.9 Å². The van der Waals surface area contributed by atoms with E-state index in [1.54, 1.807) is 0 Å². The number of hydrogen-bond acceptors (Lipinski definition) is 5. The van der Waals surface area contributed by atoms with E-state index < -0.39 is 0 Å². The first-order chi connectivity index (χ1) is 7.67. The lowest BCUT2D eigenvalue weighted by Gasteiger charge is -2.42. The Morgan fingerprint density at radius 1 is 0.882 bits per heavy atom. The normalized spacial score (nSPS) is 16.9. The zero-order valence-corrected chi connectivity index (χ0v) is 12.0. The lowest BCUT2D eigenvalue weighted by atomic mass is 9.94. The van der Waals surface area contributed by atoms with Gasteiger partial charge in [0.25, 0.3) is 0 Å². The van der Waals surface area contributed by atoms with Crippen molar-refractivity contribution in [3.8, 4) is 0 Å². The maximum atomic E-state index is 5.98. The van der Waals surface area contributed by atoms with E-state index in [1.807, 2.05) is 41.5 Å². The van der Waals surface area contributed by atoms with Crippen LogP contribution < -0.4 is 16.8 Å². The van der Waals surface area contributed by atoms with Gasteiger partial charge in [0, 0.05) is 13.2 Å². The summed E-state index contributed by atoms with van der Waals surface area (Å²) in [5.41, 5.74) is 11.2. The van der Waals surface area contributed by atoms with E-state index in [0.717, 1.165) is 0 Å². The lowest BCUT2D eigenvalue weighted by Crippen LogP contribution is -2.66. The summed E-state index contributed by atoms with van der Waals surface area (Å²) in [4.78, 5) is 0. The van der Waals surface area contributed by atoms with Crippen LogP contribution in [0.3, 0.4) is 0 Å². The average Bonchev–Trinajstić information content (AvgIpc) is 2.16. The standard InChI is InChI=1S/C12H29N3O2/c1-7-16-9(13)11(3,4)15-12(5,6)10(14)17-8-2/h9-10,15H,7-8,13-14H2,1-6H3. The van der Waals surface area contributed by atoms with E-state index in [9.17, 15) is 0 Å². The van der Waals surface area contributed by atoms with Gasteiger partial charge in [-0.15, -0.1) is 0 Å². The van der Waals surface area contributed by atoms with Crippen LogP contribution in [0.15, 0.2) is 0 Å². The van der Waals surface area contributed by atoms with Crippen molar-refractivity contribution in [1.29, 1.82) is 0 Å². The Hall–Kier alpha value is -0.200. The molecule has 0 aliphatic rings. The zero-order valence-electron chi connectivity index (χ0n) is 12.0. The maximum Gasteiger partial charge on any atom is 0.123 e. The molecule has 2 unspecified atom stereocenters. The minimum atomic E-state index is -0.388. The summed E-state index contributed by atoms with van der Waals surface area (Å²) in [5.74, 6) is 0. The molecule has 0 spiro atoms. The van der Waals surface area contributed by atoms with Crippen molar-refractivity contribution in [2.45, 2.75) is 65.1 Å². The Labute approximate surface area is 105 Å². The molecule has 0 amide bonds. The minimum Gasteiger partial charge on any atom is -0.362 e. The van der Waals surface area contributed by atoms with Crippen LogP contribution >= 0.6 is 0 Å². The van der Waals surface area contributed by atoms with Crippen molar-refractivity contribution in [2.75, 3.05) is 13.2 Å². The van der Waals surface area contributed by atoms with E-state index in [0.29, 0.717) is 13.2 Å². The van der Waals surface area contributed by atoms with Gasteiger partial charge in [-0.25, -0.2) is 0 Å². The maximum absolute atomic E-state index is 5.98. The van der Waals surface area contributed by atoms with Crippen molar-refractivity contribution in [3.05, 3.63) is 0 Å². The van der Waals surface area contributed by atoms with Crippen LogP contribution in [-0.4, -0.2) is 36.7 Å². The first kappa shape index (κ1) is 16.8. The van der Waals surface area contributed by atoms with E-state index in [-0.39, 0.29) is 23.5 Å². The van der Waals surface area contributed by atoms with Gasteiger partial charge in [-0.05, 0) is 41.5 Å². The van der Waals surface area contributed by atoms with Gasteiger partial charge in [0.2, 0.25) is 0 Å². The molecule has 0 rings (SSSR count). The molecule has 0 fully saturated rings. The molecule has 5 nitrogen and oxygen atoms in total. The Balaban J connectivity index is 4.56. The number of rotatable bonds is 8. The molecule has 17 heavy (non-hydrogen) atoms. The molecule has 5 N–H and O–H groups in total. The van der Waals surface area contributed by atoms with Gasteiger partial charge in [0.05, 0.1) is 11.1 Å². The first-order valence-electron chi connectivity index (χ1n) is 6.21. The molecule has 104 valence electrons. The molecule has 0 aromatic heterocycles. The van der Waals surface area contributed by atoms with Gasteiger partial charge in [0.15, 0.2) is 0 Å². The molecule has 0 radical (unpaired) electrons. The Kier molecular flexibility index (Phi) is 6.58. The molecular formula is C12H29N3O2. The topological polar surface area (TPSA) is 82.5 Å². The fourth-order valence-electron chi connectivity index (χ4n) is 1.75. The molecule has 2 atom stereocenters. The minimum absolute atomic E-state index is 0.381. The van der Waals surface area contributed by atoms with E-state index in [1.165, 1.54) is 0 Å². The van der Waals surface area contributed by atoms with Crippen molar-refractivity contribution in [3.63, 3.8) is 0 Å². The summed E-state index contributed by atoms with van der Waals surface area (Å²) in [7, 11) is 0. The van der Waals surface area contributed by atoms with Gasteiger partial charge >= 0.3 is 0 Å². The Bertz CT molecular complexity index is 198. The Morgan fingerprint density at radius 2 is 1.18 bits per heavy atom. The second-order valence-electron chi connectivity index (χ2n) is 5.32. The molecule has 5 heteroatoms. The van der Waals surface area contributed by atoms with Crippen molar-refractivity contribution in [1.82, 2.24) is 5.32 Å². The van der Waals surface area contributed by atoms with E-state index in [4.69, 9.17) is 20.9 Å². The van der Waals surface area contributed by atoms with Gasteiger partial charge in [0.1, 0.15) is 12.5 Å². The first-order valence-corrected chi connectivity index (χ1v) is 6.21. The highest BCUT2D eigenvalue weighted by Gasteiger charge is 2.36.